The van der Waals surface area contributed by atoms with Crippen LogP contribution >= 0.6 is 0 Å². The number of benzene rings is 1. The van der Waals surface area contributed by atoms with Crippen molar-refractivity contribution in [3.05, 3.63) is 34.4 Å². The van der Waals surface area contributed by atoms with E-state index >= 15 is 0 Å². The topological polar surface area (TPSA) is 37.3 Å². The Morgan fingerprint density at radius 2 is 1.72 bits per heavy atom. The van der Waals surface area contributed by atoms with Crippen molar-refractivity contribution in [1.29, 1.82) is 0 Å². The minimum Gasteiger partial charge on any atom is -0.306 e. The van der Waals surface area contributed by atoms with Crippen LogP contribution < -0.4 is 0 Å². The van der Waals surface area contributed by atoms with Crippen LogP contribution in [0, 0.1) is 13.8 Å². The lowest BCUT2D eigenvalue weighted by Crippen LogP contribution is -2.04. The molecular weight excluding hydrogens is 244 g/mol. The Kier molecular flexibility index (Phi) is 6.58. The fraction of sp³-hybridized carbons (Fsp3) is 0.600. The summed E-state index contributed by atoms with van der Waals surface area (Å²) in [6.07, 6.45) is 5.61. The second-order valence-corrected chi connectivity index (χ2v) is 5.99. The lowest BCUT2D eigenvalue weighted by Gasteiger charge is -2.12. The zero-order chi connectivity index (χ0) is 13.5. The van der Waals surface area contributed by atoms with E-state index in [1.807, 2.05) is 0 Å². The third-order valence-electron chi connectivity index (χ3n) is 3.35. The van der Waals surface area contributed by atoms with Gasteiger partial charge in [0.25, 0.3) is 0 Å². The van der Waals surface area contributed by atoms with E-state index in [2.05, 4.69) is 32.9 Å². The van der Waals surface area contributed by atoms with Gasteiger partial charge in [0, 0.05) is 0 Å². The van der Waals surface area contributed by atoms with Crippen LogP contribution in [0.2, 0.25) is 0 Å². The second kappa shape index (κ2) is 7.70. The van der Waals surface area contributed by atoms with Gasteiger partial charge in [-0.15, -0.1) is 0 Å². The Bertz CT molecular complexity index is 390. The number of aryl methyl sites for hydroxylation is 3. The van der Waals surface area contributed by atoms with E-state index in [1.165, 1.54) is 41.5 Å². The number of unbranched alkanes of at least 4 members (excludes halogenated alkanes) is 2. The van der Waals surface area contributed by atoms with Crippen LogP contribution in [0.15, 0.2) is 12.1 Å². The van der Waals surface area contributed by atoms with Crippen molar-refractivity contribution >= 4 is 11.1 Å². The second-order valence-electron chi connectivity index (χ2n) is 4.94. The third-order valence-corrected chi connectivity index (χ3v) is 3.90. The zero-order valence-corrected chi connectivity index (χ0v) is 12.5. The number of rotatable bonds is 7. The van der Waals surface area contributed by atoms with Crippen LogP contribution in [-0.2, 0) is 23.9 Å². The summed E-state index contributed by atoms with van der Waals surface area (Å²) >= 11 is -1.69. The van der Waals surface area contributed by atoms with E-state index < -0.39 is 11.1 Å². The SMILES string of the molecule is CCCCCc1cc(C)c(CCS(=O)O)c(C)c1. The van der Waals surface area contributed by atoms with Gasteiger partial charge in [0.15, 0.2) is 11.1 Å². The highest BCUT2D eigenvalue weighted by molar-refractivity contribution is 7.79. The summed E-state index contributed by atoms with van der Waals surface area (Å²) in [4.78, 5) is 0. The van der Waals surface area contributed by atoms with Gasteiger partial charge in [0.05, 0.1) is 5.75 Å². The molecule has 1 atom stereocenters. The maximum Gasteiger partial charge on any atom is 0.153 e. The molecule has 0 aliphatic carbocycles. The van der Waals surface area contributed by atoms with Crippen LogP contribution in [0.4, 0.5) is 0 Å². The van der Waals surface area contributed by atoms with Gasteiger partial charge < -0.3 is 4.55 Å². The average Bonchev–Trinajstić information content (AvgIpc) is 2.28. The van der Waals surface area contributed by atoms with Gasteiger partial charge in [0.2, 0.25) is 0 Å². The Morgan fingerprint density at radius 1 is 1.11 bits per heavy atom. The van der Waals surface area contributed by atoms with Gasteiger partial charge in [-0.25, -0.2) is 4.21 Å². The molecular formula is C15H24O2S. The fourth-order valence-electron chi connectivity index (χ4n) is 2.39. The van der Waals surface area contributed by atoms with E-state index in [4.69, 9.17) is 4.55 Å². The van der Waals surface area contributed by atoms with Gasteiger partial charge in [-0.05, 0) is 55.4 Å². The van der Waals surface area contributed by atoms with E-state index in [0.717, 1.165) is 6.42 Å². The van der Waals surface area contributed by atoms with Gasteiger partial charge in [-0.3, -0.25) is 0 Å². The van der Waals surface area contributed by atoms with E-state index in [0.29, 0.717) is 12.2 Å². The standard InChI is InChI=1S/C15H24O2S/c1-4-5-6-7-14-10-12(2)15(13(3)11-14)8-9-18(16)17/h10-11H,4-9H2,1-3H3,(H,16,17). The quantitative estimate of drug-likeness (QED) is 0.603. The Morgan fingerprint density at radius 3 is 2.22 bits per heavy atom. The predicted octanol–water partition coefficient (Wildman–Crippen LogP) is 3.80. The first-order valence-electron chi connectivity index (χ1n) is 6.71. The molecule has 1 unspecified atom stereocenters. The van der Waals surface area contributed by atoms with E-state index in [-0.39, 0.29) is 0 Å². The normalized spacial score (nSPS) is 12.7. The fourth-order valence-corrected chi connectivity index (χ4v) is 2.77. The molecule has 1 aromatic carbocycles. The molecule has 3 heteroatoms. The lowest BCUT2D eigenvalue weighted by atomic mass is 9.95. The molecule has 1 rings (SSSR count). The Labute approximate surface area is 113 Å². The predicted molar refractivity (Wildman–Crippen MR) is 78.5 cm³/mol. The van der Waals surface area contributed by atoms with Gasteiger partial charge in [-0.1, -0.05) is 31.9 Å². The van der Waals surface area contributed by atoms with E-state index in [9.17, 15) is 4.21 Å². The first-order chi connectivity index (χ1) is 8.54. The first kappa shape index (κ1) is 15.4. The molecule has 0 saturated carbocycles. The van der Waals surface area contributed by atoms with Gasteiger partial charge in [-0.2, -0.15) is 0 Å². The summed E-state index contributed by atoms with van der Waals surface area (Å²) in [5, 5.41) is 0. The summed E-state index contributed by atoms with van der Waals surface area (Å²) in [6, 6.07) is 4.47. The molecule has 0 fully saturated rings. The van der Waals surface area contributed by atoms with Crippen LogP contribution in [0.3, 0.4) is 0 Å². The Balaban J connectivity index is 2.74. The molecule has 0 aliphatic rings. The summed E-state index contributed by atoms with van der Waals surface area (Å²) in [5.74, 6) is 0.330. The van der Waals surface area contributed by atoms with Crippen molar-refractivity contribution in [2.24, 2.45) is 0 Å². The molecule has 0 spiro atoms. The molecule has 0 aromatic heterocycles. The summed E-state index contributed by atoms with van der Waals surface area (Å²) in [7, 11) is 0. The molecule has 0 saturated heterocycles. The molecule has 1 aromatic rings. The Hall–Kier alpha value is -0.670. The summed E-state index contributed by atoms with van der Waals surface area (Å²) in [5.41, 5.74) is 5.14. The largest absolute Gasteiger partial charge is 0.306 e. The molecule has 1 N–H and O–H groups in total. The third kappa shape index (κ3) is 4.91. The van der Waals surface area contributed by atoms with Crippen LogP contribution in [-0.4, -0.2) is 14.5 Å². The van der Waals surface area contributed by atoms with Crippen molar-refractivity contribution in [1.82, 2.24) is 0 Å². The zero-order valence-electron chi connectivity index (χ0n) is 11.7. The minimum absolute atomic E-state index is 0.330. The lowest BCUT2D eigenvalue weighted by molar-refractivity contribution is 0.563. The molecule has 2 nitrogen and oxygen atoms in total. The first-order valence-corrected chi connectivity index (χ1v) is 7.98. The van der Waals surface area contributed by atoms with Gasteiger partial charge in [0.1, 0.15) is 0 Å². The minimum atomic E-state index is -1.69. The van der Waals surface area contributed by atoms with Crippen molar-refractivity contribution in [3.63, 3.8) is 0 Å². The molecule has 0 heterocycles. The molecule has 0 amide bonds. The molecule has 0 aliphatic heterocycles. The molecule has 0 radical (unpaired) electrons. The highest BCUT2D eigenvalue weighted by Gasteiger charge is 2.06. The highest BCUT2D eigenvalue weighted by atomic mass is 32.2. The van der Waals surface area contributed by atoms with E-state index in [1.54, 1.807) is 0 Å². The van der Waals surface area contributed by atoms with Crippen LogP contribution in [0.25, 0.3) is 0 Å². The average molecular weight is 268 g/mol. The maximum absolute atomic E-state index is 10.7. The van der Waals surface area contributed by atoms with Crippen LogP contribution in [0.1, 0.15) is 48.4 Å². The van der Waals surface area contributed by atoms with Crippen LogP contribution in [0.5, 0.6) is 0 Å². The van der Waals surface area contributed by atoms with Crippen molar-refractivity contribution in [2.75, 3.05) is 5.75 Å². The number of hydrogen-bond acceptors (Lipinski definition) is 1. The van der Waals surface area contributed by atoms with Crippen molar-refractivity contribution in [3.8, 4) is 0 Å². The highest BCUT2D eigenvalue weighted by Crippen LogP contribution is 2.19. The molecule has 0 bridgehead atoms. The van der Waals surface area contributed by atoms with Crippen molar-refractivity contribution in [2.45, 2.75) is 52.9 Å². The number of hydrogen-bond donors (Lipinski definition) is 1. The molecule has 18 heavy (non-hydrogen) atoms. The smallest absolute Gasteiger partial charge is 0.153 e. The monoisotopic (exact) mass is 268 g/mol. The van der Waals surface area contributed by atoms with Gasteiger partial charge >= 0.3 is 0 Å². The summed E-state index contributed by atoms with van der Waals surface area (Å²) in [6.45, 7) is 6.42. The molecule has 102 valence electrons. The summed E-state index contributed by atoms with van der Waals surface area (Å²) < 4.78 is 19.6. The maximum atomic E-state index is 10.7. The van der Waals surface area contributed by atoms with Crippen molar-refractivity contribution < 1.29 is 8.76 Å².